The van der Waals surface area contributed by atoms with Crippen LogP contribution in [-0.2, 0) is 16.0 Å². The summed E-state index contributed by atoms with van der Waals surface area (Å²) in [5.74, 6) is -2.43. The summed E-state index contributed by atoms with van der Waals surface area (Å²) in [5, 5.41) is 9.23. The number of fused-ring (bicyclic) bond motifs is 1. The Kier molecular flexibility index (Phi) is 6.16. The number of rotatable bonds is 5. The Morgan fingerprint density at radius 3 is 2.41 bits per heavy atom. The van der Waals surface area contributed by atoms with E-state index in [0.29, 0.717) is 11.1 Å². The standard InChI is InChI=1S/C30H23N3O4/c1-3-32-16-15-22-17-19(9-14-25(22)32)18-24-26(20-7-5-4-6-8-20)27(31-2)29(35)33(28(24)34)23-12-10-21(11-13-23)30(36)37/h4-14,17-18H,3,15-16H2,1H3,(H,36,37). The molecule has 0 fully saturated rings. The fourth-order valence-electron chi connectivity index (χ4n) is 4.86. The van der Waals surface area contributed by atoms with E-state index in [4.69, 9.17) is 6.57 Å². The van der Waals surface area contributed by atoms with Crippen molar-refractivity contribution in [3.63, 3.8) is 0 Å². The second kappa shape index (κ2) is 9.59. The van der Waals surface area contributed by atoms with Crippen LogP contribution >= 0.6 is 0 Å². The second-order valence-corrected chi connectivity index (χ2v) is 8.78. The number of imide groups is 1. The summed E-state index contributed by atoms with van der Waals surface area (Å²) >= 11 is 0. The zero-order chi connectivity index (χ0) is 26.1. The molecule has 3 aromatic carbocycles. The van der Waals surface area contributed by atoms with Crippen LogP contribution in [0.1, 0.15) is 34.0 Å². The Morgan fingerprint density at radius 1 is 1.03 bits per heavy atom. The van der Waals surface area contributed by atoms with Gasteiger partial charge in [0.1, 0.15) is 0 Å². The first-order valence-electron chi connectivity index (χ1n) is 11.9. The predicted octanol–water partition coefficient (Wildman–Crippen LogP) is 5.05. The maximum Gasteiger partial charge on any atom is 0.335 e. The molecule has 0 spiro atoms. The van der Waals surface area contributed by atoms with Crippen LogP contribution in [0.25, 0.3) is 16.5 Å². The van der Waals surface area contributed by atoms with Gasteiger partial charge in [0.2, 0.25) is 0 Å². The monoisotopic (exact) mass is 489 g/mol. The number of aromatic carboxylic acids is 1. The summed E-state index contributed by atoms with van der Waals surface area (Å²) in [6.07, 6.45) is 2.64. The molecule has 1 N–H and O–H groups in total. The van der Waals surface area contributed by atoms with E-state index in [2.05, 4.69) is 16.7 Å². The number of carbonyl (C=O) groups excluding carboxylic acids is 2. The van der Waals surface area contributed by atoms with Gasteiger partial charge >= 0.3 is 5.97 Å². The van der Waals surface area contributed by atoms with E-state index in [-0.39, 0.29) is 22.5 Å². The van der Waals surface area contributed by atoms with E-state index in [9.17, 15) is 19.5 Å². The molecule has 7 nitrogen and oxygen atoms in total. The fourth-order valence-corrected chi connectivity index (χ4v) is 4.86. The largest absolute Gasteiger partial charge is 0.478 e. The Bertz CT molecular complexity index is 1530. The molecule has 0 radical (unpaired) electrons. The van der Waals surface area contributed by atoms with E-state index in [1.165, 1.54) is 35.5 Å². The van der Waals surface area contributed by atoms with E-state index < -0.39 is 17.8 Å². The predicted molar refractivity (Wildman–Crippen MR) is 142 cm³/mol. The van der Waals surface area contributed by atoms with Crippen molar-refractivity contribution in [2.45, 2.75) is 13.3 Å². The number of nitrogens with zero attached hydrogens (tertiary/aromatic N) is 3. The van der Waals surface area contributed by atoms with Crippen LogP contribution in [0.3, 0.4) is 0 Å². The summed E-state index contributed by atoms with van der Waals surface area (Å²) < 4.78 is 0. The van der Waals surface area contributed by atoms with Gasteiger partial charge in [0.15, 0.2) is 0 Å². The Balaban J connectivity index is 1.68. The molecular weight excluding hydrogens is 466 g/mol. The molecule has 0 saturated carbocycles. The maximum absolute atomic E-state index is 13.9. The number of hydrogen-bond acceptors (Lipinski definition) is 4. The molecule has 0 aromatic heterocycles. The molecule has 7 heteroatoms. The first kappa shape index (κ1) is 23.8. The van der Waals surface area contributed by atoms with Gasteiger partial charge in [-0.3, -0.25) is 14.5 Å². The van der Waals surface area contributed by atoms with Gasteiger partial charge in [-0.05, 0) is 72.5 Å². The summed E-state index contributed by atoms with van der Waals surface area (Å²) in [6, 6.07) is 20.5. The number of carboxylic acid groups (broad SMARTS) is 1. The van der Waals surface area contributed by atoms with Crippen LogP contribution in [0.15, 0.2) is 84.1 Å². The highest BCUT2D eigenvalue weighted by Gasteiger charge is 2.39. The molecule has 0 atom stereocenters. The quantitative estimate of drug-likeness (QED) is 0.308. The molecule has 2 amide bonds. The molecule has 182 valence electrons. The van der Waals surface area contributed by atoms with Crippen molar-refractivity contribution in [2.75, 3.05) is 22.9 Å². The molecule has 5 rings (SSSR count). The number of likely N-dealkylation sites (N-methyl/N-ethyl adjacent to an activating group) is 1. The number of anilines is 2. The summed E-state index contributed by atoms with van der Waals surface area (Å²) in [6.45, 7) is 11.8. The lowest BCUT2D eigenvalue weighted by Crippen LogP contribution is -2.42. The van der Waals surface area contributed by atoms with Gasteiger partial charge in [-0.2, -0.15) is 0 Å². The highest BCUT2D eigenvalue weighted by atomic mass is 16.4. The first-order chi connectivity index (χ1) is 17.9. The number of carboxylic acids is 1. The van der Waals surface area contributed by atoms with Crippen LogP contribution in [-0.4, -0.2) is 36.0 Å². The van der Waals surface area contributed by atoms with Gasteiger partial charge in [-0.25, -0.2) is 9.64 Å². The maximum atomic E-state index is 13.9. The van der Waals surface area contributed by atoms with Crippen molar-refractivity contribution in [1.29, 1.82) is 0 Å². The van der Waals surface area contributed by atoms with Crippen molar-refractivity contribution >= 4 is 40.8 Å². The van der Waals surface area contributed by atoms with Gasteiger partial charge in [0, 0.05) is 29.9 Å². The molecule has 3 aromatic rings. The van der Waals surface area contributed by atoms with Crippen LogP contribution in [0.4, 0.5) is 11.4 Å². The molecule has 0 saturated heterocycles. The normalized spacial score (nSPS) is 16.3. The zero-order valence-corrected chi connectivity index (χ0v) is 20.1. The van der Waals surface area contributed by atoms with Gasteiger partial charge in [0.25, 0.3) is 17.5 Å². The highest BCUT2D eigenvalue weighted by Crippen LogP contribution is 2.38. The molecule has 0 unspecified atom stereocenters. The summed E-state index contributed by atoms with van der Waals surface area (Å²) in [5.41, 5.74) is 4.34. The summed E-state index contributed by atoms with van der Waals surface area (Å²) in [4.78, 5) is 45.5. The average Bonchev–Trinajstić information content (AvgIpc) is 3.33. The lowest BCUT2D eigenvalue weighted by Gasteiger charge is -2.29. The molecule has 2 heterocycles. The van der Waals surface area contributed by atoms with Gasteiger partial charge in [0.05, 0.1) is 17.8 Å². The van der Waals surface area contributed by atoms with Gasteiger partial charge in [-0.1, -0.05) is 36.4 Å². The van der Waals surface area contributed by atoms with E-state index in [1.54, 1.807) is 30.3 Å². The number of amides is 2. The molecule has 0 aliphatic carbocycles. The van der Waals surface area contributed by atoms with Gasteiger partial charge < -0.3 is 10.0 Å². The zero-order valence-electron chi connectivity index (χ0n) is 20.1. The van der Waals surface area contributed by atoms with Crippen LogP contribution in [0.2, 0.25) is 0 Å². The molecule has 2 aliphatic heterocycles. The number of hydrogen-bond donors (Lipinski definition) is 1. The molecule has 2 aliphatic rings. The number of carbonyl (C=O) groups is 3. The minimum Gasteiger partial charge on any atom is -0.478 e. The lowest BCUT2D eigenvalue weighted by molar-refractivity contribution is -0.122. The third kappa shape index (κ3) is 4.19. The molecular formula is C30H23N3O4. The number of benzene rings is 3. The SMILES string of the molecule is [C-]#[N+]C1=C(c2ccccc2)C(=Cc2ccc3c(c2)CCN3CC)C(=O)N(c2ccc(C(=O)O)cc2)C1=O. The topological polar surface area (TPSA) is 82.3 Å². The minimum atomic E-state index is -1.12. The Labute approximate surface area is 214 Å². The molecule has 0 bridgehead atoms. The lowest BCUT2D eigenvalue weighted by atomic mass is 9.89. The second-order valence-electron chi connectivity index (χ2n) is 8.78. The van der Waals surface area contributed by atoms with Crippen molar-refractivity contribution < 1.29 is 19.5 Å². The third-order valence-electron chi connectivity index (χ3n) is 6.68. The van der Waals surface area contributed by atoms with Crippen molar-refractivity contribution in [1.82, 2.24) is 0 Å². The van der Waals surface area contributed by atoms with E-state index in [1.807, 2.05) is 24.3 Å². The van der Waals surface area contributed by atoms with E-state index >= 15 is 0 Å². The average molecular weight is 490 g/mol. The van der Waals surface area contributed by atoms with Crippen molar-refractivity contribution in [3.05, 3.63) is 118 Å². The highest BCUT2D eigenvalue weighted by molar-refractivity contribution is 6.37. The first-order valence-corrected chi connectivity index (χ1v) is 11.9. The van der Waals surface area contributed by atoms with E-state index in [0.717, 1.165) is 30.0 Å². The van der Waals surface area contributed by atoms with Crippen molar-refractivity contribution in [3.8, 4) is 0 Å². The Hall–Kier alpha value is -4.96. The van der Waals surface area contributed by atoms with Crippen LogP contribution < -0.4 is 9.80 Å². The van der Waals surface area contributed by atoms with Gasteiger partial charge in [-0.15, -0.1) is 0 Å². The molecule has 37 heavy (non-hydrogen) atoms. The summed E-state index contributed by atoms with van der Waals surface area (Å²) in [7, 11) is 0. The Morgan fingerprint density at radius 2 is 1.76 bits per heavy atom. The fraction of sp³-hybridized carbons (Fsp3) is 0.133. The smallest absolute Gasteiger partial charge is 0.335 e. The third-order valence-corrected chi connectivity index (χ3v) is 6.68. The van der Waals surface area contributed by atoms with Crippen LogP contribution in [0.5, 0.6) is 0 Å². The van der Waals surface area contributed by atoms with Crippen LogP contribution in [0, 0.1) is 6.57 Å². The minimum absolute atomic E-state index is 0.0293. The van der Waals surface area contributed by atoms with Crippen molar-refractivity contribution in [2.24, 2.45) is 0 Å².